The van der Waals surface area contributed by atoms with Gasteiger partial charge < -0.3 is 4.98 Å². The molecule has 0 radical (unpaired) electrons. The van der Waals surface area contributed by atoms with Crippen molar-refractivity contribution in [1.29, 1.82) is 5.26 Å². The van der Waals surface area contributed by atoms with E-state index in [9.17, 15) is 12.8 Å². The number of H-pyrrole nitrogens is 1. The number of halogens is 2. The lowest BCUT2D eigenvalue weighted by molar-refractivity contribution is 0.599. The summed E-state index contributed by atoms with van der Waals surface area (Å²) in [6.45, 7) is 0. The van der Waals surface area contributed by atoms with Crippen LogP contribution in [-0.2, 0) is 10.0 Å². The molecule has 0 aliphatic rings. The summed E-state index contributed by atoms with van der Waals surface area (Å²) in [6.07, 6.45) is 1.29. The molecule has 0 atom stereocenters. The molecule has 116 valence electrons. The number of benzene rings is 1. The molecule has 23 heavy (non-hydrogen) atoms. The van der Waals surface area contributed by atoms with Crippen LogP contribution in [0.5, 0.6) is 0 Å². The number of nitrogens with one attached hydrogen (secondary N) is 2. The van der Waals surface area contributed by atoms with Crippen molar-refractivity contribution in [3.63, 3.8) is 0 Å². The molecule has 2 heterocycles. The van der Waals surface area contributed by atoms with Gasteiger partial charge in [-0.1, -0.05) is 0 Å². The van der Waals surface area contributed by atoms with Crippen molar-refractivity contribution in [3.05, 3.63) is 52.5 Å². The number of nitrogens with zero attached hydrogens (tertiary/aromatic N) is 2. The monoisotopic (exact) mass is 394 g/mol. The van der Waals surface area contributed by atoms with E-state index in [1.165, 1.54) is 18.3 Å². The Morgan fingerprint density at radius 2 is 2.09 bits per heavy atom. The van der Waals surface area contributed by atoms with E-state index in [0.717, 1.165) is 6.07 Å². The van der Waals surface area contributed by atoms with Crippen molar-refractivity contribution in [2.75, 3.05) is 4.72 Å². The van der Waals surface area contributed by atoms with Crippen molar-refractivity contribution in [2.24, 2.45) is 0 Å². The number of rotatable bonds is 3. The lowest BCUT2D eigenvalue weighted by Gasteiger charge is -2.08. The predicted octanol–water partition coefficient (Wildman–Crippen LogP) is 3.14. The number of aromatic nitrogens is 2. The van der Waals surface area contributed by atoms with Crippen LogP contribution in [0, 0.1) is 17.1 Å². The van der Waals surface area contributed by atoms with Crippen LogP contribution in [0.2, 0.25) is 0 Å². The lowest BCUT2D eigenvalue weighted by Crippen LogP contribution is -2.13. The average Bonchev–Trinajstić information content (AvgIpc) is 2.93. The van der Waals surface area contributed by atoms with Crippen LogP contribution in [0.3, 0.4) is 0 Å². The van der Waals surface area contributed by atoms with Gasteiger partial charge in [0.05, 0.1) is 17.3 Å². The number of sulfonamides is 1. The lowest BCUT2D eigenvalue weighted by atomic mass is 10.2. The Bertz CT molecular complexity index is 1060. The van der Waals surface area contributed by atoms with Crippen LogP contribution >= 0.6 is 15.9 Å². The van der Waals surface area contributed by atoms with E-state index in [0.29, 0.717) is 15.6 Å². The van der Waals surface area contributed by atoms with Gasteiger partial charge >= 0.3 is 0 Å². The van der Waals surface area contributed by atoms with E-state index in [4.69, 9.17) is 5.26 Å². The van der Waals surface area contributed by atoms with E-state index in [-0.39, 0.29) is 16.1 Å². The van der Waals surface area contributed by atoms with Gasteiger partial charge in [0.15, 0.2) is 0 Å². The minimum absolute atomic E-state index is 0.0451. The predicted molar refractivity (Wildman–Crippen MR) is 85.7 cm³/mol. The summed E-state index contributed by atoms with van der Waals surface area (Å²) in [5, 5.41) is 9.09. The Kier molecular flexibility index (Phi) is 3.79. The van der Waals surface area contributed by atoms with Crippen molar-refractivity contribution in [2.45, 2.75) is 4.90 Å². The Labute approximate surface area is 139 Å². The Hall–Kier alpha value is -2.44. The second kappa shape index (κ2) is 5.64. The van der Waals surface area contributed by atoms with Crippen LogP contribution in [-0.4, -0.2) is 18.4 Å². The number of pyridine rings is 1. The molecule has 3 aromatic rings. The molecule has 1 aromatic carbocycles. The molecule has 0 bridgehead atoms. The normalized spacial score (nSPS) is 11.3. The van der Waals surface area contributed by atoms with Gasteiger partial charge in [0.25, 0.3) is 10.0 Å². The highest BCUT2D eigenvalue weighted by Gasteiger charge is 2.21. The maximum Gasteiger partial charge on any atom is 0.264 e. The Morgan fingerprint density at radius 1 is 1.30 bits per heavy atom. The topological polar surface area (TPSA) is 98.6 Å². The van der Waals surface area contributed by atoms with E-state index >= 15 is 0 Å². The second-order valence-corrected chi connectivity index (χ2v) is 7.06. The van der Waals surface area contributed by atoms with Crippen LogP contribution in [0.15, 0.2) is 46.0 Å². The number of aromatic amines is 1. The summed E-state index contributed by atoms with van der Waals surface area (Å²) >= 11 is 3.20. The molecule has 0 amide bonds. The smallest absolute Gasteiger partial charge is 0.264 e. The zero-order valence-electron chi connectivity index (χ0n) is 11.3. The molecule has 3 rings (SSSR count). The highest BCUT2D eigenvalue weighted by Crippen LogP contribution is 2.26. The van der Waals surface area contributed by atoms with Crippen LogP contribution in [0.1, 0.15) is 5.56 Å². The summed E-state index contributed by atoms with van der Waals surface area (Å²) in [5.74, 6) is -0.826. The first-order chi connectivity index (χ1) is 10.9. The third-order valence-corrected chi connectivity index (χ3v) is 4.95. The minimum Gasteiger partial charge on any atom is -0.345 e. The molecule has 0 unspecified atom stereocenters. The molecule has 0 saturated heterocycles. The molecule has 0 saturated carbocycles. The van der Waals surface area contributed by atoms with Gasteiger partial charge in [-0.15, -0.1) is 0 Å². The molecule has 0 aliphatic carbocycles. The molecular formula is C14H8BrFN4O2S. The molecule has 0 spiro atoms. The molecule has 6 nitrogen and oxygen atoms in total. The fourth-order valence-electron chi connectivity index (χ4n) is 2.05. The SMILES string of the molecule is N#Cc1ccc(NS(=O)(=O)c2c[nH]c3nc(Br)ccc23)c(F)c1. The first-order valence-electron chi connectivity index (χ1n) is 6.27. The maximum absolute atomic E-state index is 13.9. The van der Waals surface area contributed by atoms with Gasteiger partial charge in [-0.25, -0.2) is 17.8 Å². The second-order valence-electron chi connectivity index (χ2n) is 4.59. The van der Waals surface area contributed by atoms with Gasteiger partial charge in [-0.05, 0) is 46.3 Å². The van der Waals surface area contributed by atoms with Gasteiger partial charge in [0.1, 0.15) is 21.0 Å². The van der Waals surface area contributed by atoms with Crippen LogP contribution in [0.25, 0.3) is 11.0 Å². The number of fused-ring (bicyclic) bond motifs is 1. The fraction of sp³-hybridized carbons (Fsp3) is 0. The van der Waals surface area contributed by atoms with Gasteiger partial charge in [0, 0.05) is 11.6 Å². The van der Waals surface area contributed by atoms with Crippen molar-refractivity contribution in [3.8, 4) is 6.07 Å². The summed E-state index contributed by atoms with van der Waals surface area (Å²) in [6, 6.07) is 8.47. The average molecular weight is 395 g/mol. The summed E-state index contributed by atoms with van der Waals surface area (Å²) in [4.78, 5) is 6.83. The summed E-state index contributed by atoms with van der Waals surface area (Å²) in [7, 11) is -4.01. The zero-order valence-corrected chi connectivity index (χ0v) is 13.7. The summed E-state index contributed by atoms with van der Waals surface area (Å²) < 4.78 is 41.5. The highest BCUT2D eigenvalue weighted by atomic mass is 79.9. The van der Waals surface area contributed by atoms with E-state index in [1.54, 1.807) is 18.2 Å². The first-order valence-corrected chi connectivity index (χ1v) is 8.54. The number of nitriles is 1. The molecule has 2 aromatic heterocycles. The van der Waals surface area contributed by atoms with Crippen molar-refractivity contribution < 1.29 is 12.8 Å². The molecule has 0 fully saturated rings. The largest absolute Gasteiger partial charge is 0.345 e. The van der Waals surface area contributed by atoms with Crippen LogP contribution < -0.4 is 4.72 Å². The fourth-order valence-corrected chi connectivity index (χ4v) is 3.59. The van der Waals surface area contributed by atoms with Gasteiger partial charge in [-0.2, -0.15) is 5.26 Å². The van der Waals surface area contributed by atoms with E-state index in [1.807, 2.05) is 0 Å². The third kappa shape index (κ3) is 2.91. The van der Waals surface area contributed by atoms with Gasteiger partial charge in [0.2, 0.25) is 0 Å². The van der Waals surface area contributed by atoms with Crippen molar-refractivity contribution in [1.82, 2.24) is 9.97 Å². The van der Waals surface area contributed by atoms with Crippen LogP contribution in [0.4, 0.5) is 10.1 Å². The highest BCUT2D eigenvalue weighted by molar-refractivity contribution is 9.10. The number of anilines is 1. The maximum atomic E-state index is 13.9. The standard InChI is InChI=1S/C14H8BrFN4O2S/c15-13-4-2-9-12(7-18-14(9)19-13)23(21,22)20-11-3-1-8(6-17)5-10(11)16/h1-5,7,20H,(H,18,19). The van der Waals surface area contributed by atoms with Crippen molar-refractivity contribution >= 4 is 42.7 Å². The first kappa shape index (κ1) is 15.5. The molecular weight excluding hydrogens is 387 g/mol. The number of hydrogen-bond donors (Lipinski definition) is 2. The summed E-state index contributed by atoms with van der Waals surface area (Å²) in [5.41, 5.74) is 0.259. The molecule has 0 aliphatic heterocycles. The van der Waals surface area contributed by atoms with E-state index < -0.39 is 15.8 Å². The molecule has 9 heteroatoms. The molecule has 2 N–H and O–H groups in total. The van der Waals surface area contributed by atoms with Gasteiger partial charge in [-0.3, -0.25) is 4.72 Å². The van der Waals surface area contributed by atoms with E-state index in [2.05, 4.69) is 30.6 Å². The Balaban J connectivity index is 2.03. The Morgan fingerprint density at radius 3 is 2.78 bits per heavy atom. The zero-order chi connectivity index (χ0) is 16.6. The number of hydrogen-bond acceptors (Lipinski definition) is 4. The minimum atomic E-state index is -4.01. The quantitative estimate of drug-likeness (QED) is 0.666. The third-order valence-electron chi connectivity index (χ3n) is 3.10.